The molecule has 0 saturated carbocycles. The molecule has 1 rings (SSSR count). The third-order valence-electron chi connectivity index (χ3n) is 2.88. The molecule has 1 heterocycles. The van der Waals surface area contributed by atoms with Crippen LogP contribution in [0.5, 0.6) is 0 Å². The highest BCUT2D eigenvalue weighted by atomic mass is 32.2. The molecule has 2 unspecified atom stereocenters. The third-order valence-corrected chi connectivity index (χ3v) is 4.71. The Morgan fingerprint density at radius 1 is 1.47 bits per heavy atom. The molecule has 0 radical (unpaired) electrons. The van der Waals surface area contributed by atoms with E-state index in [9.17, 15) is 13.5 Å². The summed E-state index contributed by atoms with van der Waals surface area (Å²) >= 11 is 0. The van der Waals surface area contributed by atoms with Gasteiger partial charge in [0.15, 0.2) is 0 Å². The lowest BCUT2D eigenvalue weighted by atomic mass is 9.97. The van der Waals surface area contributed by atoms with Crippen LogP contribution in [0, 0.1) is 5.41 Å². The lowest BCUT2D eigenvalue weighted by Crippen LogP contribution is -2.48. The summed E-state index contributed by atoms with van der Waals surface area (Å²) in [5.74, 6) is 0.0469. The van der Waals surface area contributed by atoms with Crippen molar-refractivity contribution in [3.8, 4) is 0 Å². The Bertz CT molecular complexity index is 360. The molecule has 1 aliphatic rings. The van der Waals surface area contributed by atoms with Crippen LogP contribution in [0.15, 0.2) is 0 Å². The molecule has 1 fully saturated rings. The first-order valence-corrected chi connectivity index (χ1v) is 7.51. The molecule has 6 heteroatoms. The Balaban J connectivity index is 2.56. The highest BCUT2D eigenvalue weighted by Gasteiger charge is 2.40. The molecule has 1 aliphatic heterocycles. The van der Waals surface area contributed by atoms with Gasteiger partial charge in [-0.3, -0.25) is 0 Å². The Morgan fingerprint density at radius 3 is 2.47 bits per heavy atom. The van der Waals surface area contributed by atoms with Crippen LogP contribution in [-0.2, 0) is 14.8 Å². The summed E-state index contributed by atoms with van der Waals surface area (Å²) in [5.41, 5.74) is -1.38. The molecule has 0 bridgehead atoms. The maximum atomic E-state index is 11.8. The first-order chi connectivity index (χ1) is 7.54. The van der Waals surface area contributed by atoms with E-state index in [-0.39, 0.29) is 23.8 Å². The highest BCUT2D eigenvalue weighted by Crippen LogP contribution is 2.25. The Kier molecular flexibility index (Phi) is 4.24. The van der Waals surface area contributed by atoms with Crippen LogP contribution in [0.2, 0.25) is 0 Å². The standard InChI is InChI=1S/C11H23NO4S/c1-9-11(13,5-6-16-9)7-12-17(14,15)8-10(2,3)4/h9,12-13H,5-8H2,1-4H3. The molecular weight excluding hydrogens is 242 g/mol. The van der Waals surface area contributed by atoms with Gasteiger partial charge in [0.2, 0.25) is 10.0 Å². The van der Waals surface area contributed by atoms with Gasteiger partial charge in [0.05, 0.1) is 11.9 Å². The van der Waals surface area contributed by atoms with Gasteiger partial charge in [0.25, 0.3) is 0 Å². The third kappa shape index (κ3) is 4.54. The van der Waals surface area contributed by atoms with Gasteiger partial charge in [-0.2, -0.15) is 0 Å². The molecule has 1 saturated heterocycles. The van der Waals surface area contributed by atoms with E-state index in [2.05, 4.69) is 4.72 Å². The van der Waals surface area contributed by atoms with Crippen LogP contribution in [-0.4, -0.2) is 44.1 Å². The summed E-state index contributed by atoms with van der Waals surface area (Å²) in [6, 6.07) is 0. The zero-order valence-corrected chi connectivity index (χ0v) is 11.8. The monoisotopic (exact) mass is 265 g/mol. The molecule has 0 aromatic carbocycles. The molecule has 0 spiro atoms. The van der Waals surface area contributed by atoms with Gasteiger partial charge in [-0.25, -0.2) is 13.1 Å². The minimum atomic E-state index is -3.35. The van der Waals surface area contributed by atoms with Crippen LogP contribution in [0.25, 0.3) is 0 Å². The fourth-order valence-corrected chi connectivity index (χ4v) is 3.57. The van der Waals surface area contributed by atoms with Crippen molar-refractivity contribution in [2.24, 2.45) is 5.41 Å². The highest BCUT2D eigenvalue weighted by molar-refractivity contribution is 7.89. The lowest BCUT2D eigenvalue weighted by Gasteiger charge is -2.27. The van der Waals surface area contributed by atoms with E-state index in [0.29, 0.717) is 13.0 Å². The van der Waals surface area contributed by atoms with Crippen LogP contribution < -0.4 is 4.72 Å². The van der Waals surface area contributed by atoms with Crippen LogP contribution in [0.1, 0.15) is 34.1 Å². The SMILES string of the molecule is CC1OCCC1(O)CNS(=O)(=O)CC(C)(C)C. The maximum absolute atomic E-state index is 11.8. The smallest absolute Gasteiger partial charge is 0.212 e. The largest absolute Gasteiger partial charge is 0.386 e. The fourth-order valence-electron chi connectivity index (χ4n) is 1.86. The van der Waals surface area contributed by atoms with Gasteiger partial charge in [0.1, 0.15) is 5.60 Å². The number of sulfonamides is 1. The van der Waals surface area contributed by atoms with Crippen molar-refractivity contribution >= 4 is 10.0 Å². The number of hydrogen-bond acceptors (Lipinski definition) is 4. The summed E-state index contributed by atoms with van der Waals surface area (Å²) in [6.07, 6.45) is 0.131. The summed E-state index contributed by atoms with van der Waals surface area (Å²) in [6.45, 7) is 7.84. The minimum absolute atomic E-state index is 0.0204. The molecule has 5 nitrogen and oxygen atoms in total. The van der Waals surface area contributed by atoms with Crippen molar-refractivity contribution in [1.82, 2.24) is 4.72 Å². The first kappa shape index (κ1) is 14.9. The maximum Gasteiger partial charge on any atom is 0.212 e. The Labute approximate surface area is 104 Å². The minimum Gasteiger partial charge on any atom is -0.386 e. The summed E-state index contributed by atoms with van der Waals surface area (Å²) in [4.78, 5) is 0. The predicted octanol–water partition coefficient (Wildman–Crippen LogP) is 0.492. The number of nitrogens with one attached hydrogen (secondary N) is 1. The number of ether oxygens (including phenoxy) is 1. The van der Waals surface area contributed by atoms with E-state index in [0.717, 1.165) is 0 Å². The molecule has 102 valence electrons. The van der Waals surface area contributed by atoms with E-state index in [1.165, 1.54) is 0 Å². The average Bonchev–Trinajstić information content (AvgIpc) is 2.41. The Hall–Kier alpha value is -0.170. The first-order valence-electron chi connectivity index (χ1n) is 5.85. The van der Waals surface area contributed by atoms with E-state index >= 15 is 0 Å². The van der Waals surface area contributed by atoms with Crippen LogP contribution in [0.3, 0.4) is 0 Å². The summed E-state index contributed by atoms with van der Waals surface area (Å²) in [7, 11) is -3.35. The van der Waals surface area contributed by atoms with Gasteiger partial charge >= 0.3 is 0 Å². The predicted molar refractivity (Wildman–Crippen MR) is 66.2 cm³/mol. The molecule has 0 aromatic heterocycles. The fraction of sp³-hybridized carbons (Fsp3) is 1.00. The van der Waals surface area contributed by atoms with Gasteiger partial charge in [0, 0.05) is 19.6 Å². The molecular formula is C11H23NO4S. The topological polar surface area (TPSA) is 75.6 Å². The summed E-state index contributed by atoms with van der Waals surface area (Å²) in [5, 5.41) is 10.2. The van der Waals surface area contributed by atoms with E-state index in [1.807, 2.05) is 20.8 Å². The van der Waals surface area contributed by atoms with Gasteiger partial charge in [-0.15, -0.1) is 0 Å². The van der Waals surface area contributed by atoms with Crippen molar-refractivity contribution in [3.05, 3.63) is 0 Å². The quantitative estimate of drug-likeness (QED) is 0.776. The zero-order valence-electron chi connectivity index (χ0n) is 11.0. The van der Waals surface area contributed by atoms with Gasteiger partial charge in [-0.1, -0.05) is 20.8 Å². The molecule has 0 amide bonds. The normalized spacial score (nSPS) is 30.8. The molecule has 0 aromatic rings. The number of rotatable bonds is 4. The van der Waals surface area contributed by atoms with Gasteiger partial charge in [-0.05, 0) is 12.3 Å². The van der Waals surface area contributed by atoms with Gasteiger partial charge < -0.3 is 9.84 Å². The second-order valence-electron chi connectivity index (χ2n) is 6.01. The number of hydrogen-bond donors (Lipinski definition) is 2. The Morgan fingerprint density at radius 2 is 2.06 bits per heavy atom. The molecule has 2 N–H and O–H groups in total. The van der Waals surface area contributed by atoms with Crippen molar-refractivity contribution in [2.45, 2.75) is 45.8 Å². The lowest BCUT2D eigenvalue weighted by molar-refractivity contribution is -0.0228. The van der Waals surface area contributed by atoms with Crippen LogP contribution in [0.4, 0.5) is 0 Å². The summed E-state index contributed by atoms with van der Waals surface area (Å²) < 4.78 is 31.3. The average molecular weight is 265 g/mol. The van der Waals surface area contributed by atoms with E-state index in [1.54, 1.807) is 6.92 Å². The zero-order chi connectivity index (χ0) is 13.3. The van der Waals surface area contributed by atoms with Crippen LogP contribution >= 0.6 is 0 Å². The molecule has 0 aliphatic carbocycles. The number of aliphatic hydroxyl groups is 1. The van der Waals surface area contributed by atoms with E-state index < -0.39 is 15.6 Å². The second-order valence-corrected chi connectivity index (χ2v) is 7.81. The van der Waals surface area contributed by atoms with E-state index in [4.69, 9.17) is 4.74 Å². The molecule has 2 atom stereocenters. The van der Waals surface area contributed by atoms with Crippen molar-refractivity contribution in [1.29, 1.82) is 0 Å². The molecule has 17 heavy (non-hydrogen) atoms. The van der Waals surface area contributed by atoms with Crippen molar-refractivity contribution in [2.75, 3.05) is 18.9 Å². The second kappa shape index (κ2) is 4.84. The van der Waals surface area contributed by atoms with Crippen molar-refractivity contribution < 1.29 is 18.3 Å². The van der Waals surface area contributed by atoms with Crippen molar-refractivity contribution in [3.63, 3.8) is 0 Å².